The van der Waals surface area contributed by atoms with Crippen LogP contribution in [0.3, 0.4) is 0 Å². The molecule has 2 aromatic rings. The predicted molar refractivity (Wildman–Crippen MR) is 113 cm³/mol. The smallest absolute Gasteiger partial charge is 0.343 e. The Morgan fingerprint density at radius 3 is 2.63 bits per heavy atom. The SMILES string of the molecule is CCOC(=O)c1cn(CCNC(C)=O)c2cc(NC3CCCCC3)c(F)cc2c1=O. The Labute approximate surface area is 174 Å². The van der Waals surface area contributed by atoms with E-state index in [0.717, 1.165) is 25.7 Å². The number of hydrogen-bond donors (Lipinski definition) is 2. The third-order valence-corrected chi connectivity index (χ3v) is 5.36. The quantitative estimate of drug-likeness (QED) is 0.676. The number of ether oxygens (including phenoxy) is 1. The summed E-state index contributed by atoms with van der Waals surface area (Å²) < 4.78 is 21.5. The van der Waals surface area contributed by atoms with Crippen LogP contribution in [0.15, 0.2) is 23.1 Å². The first-order chi connectivity index (χ1) is 14.4. The lowest BCUT2D eigenvalue weighted by molar-refractivity contribution is -0.118. The number of benzene rings is 1. The standard InChI is InChI=1S/C22H28FN3O4/c1-3-30-22(29)17-13-26(10-9-24-14(2)27)20-12-19(18(23)11-16(20)21(17)28)25-15-7-5-4-6-8-15/h11-13,15,25H,3-10H2,1-2H3,(H,24,27). The molecule has 0 radical (unpaired) electrons. The van der Waals surface area contributed by atoms with E-state index in [4.69, 9.17) is 4.74 Å². The van der Waals surface area contributed by atoms with Gasteiger partial charge in [-0.3, -0.25) is 9.59 Å². The number of hydrogen-bond acceptors (Lipinski definition) is 5. The zero-order chi connectivity index (χ0) is 21.7. The Balaban J connectivity index is 2.05. The van der Waals surface area contributed by atoms with Gasteiger partial charge in [0.25, 0.3) is 0 Å². The largest absolute Gasteiger partial charge is 0.462 e. The van der Waals surface area contributed by atoms with Crippen LogP contribution in [-0.2, 0) is 16.1 Å². The number of pyridine rings is 1. The minimum absolute atomic E-state index is 0.107. The zero-order valence-electron chi connectivity index (χ0n) is 17.4. The van der Waals surface area contributed by atoms with Gasteiger partial charge in [0.15, 0.2) is 0 Å². The Morgan fingerprint density at radius 1 is 1.23 bits per heavy atom. The molecule has 0 spiro atoms. The molecule has 1 aliphatic rings. The Morgan fingerprint density at radius 2 is 1.97 bits per heavy atom. The molecule has 1 aliphatic carbocycles. The lowest BCUT2D eigenvalue weighted by atomic mass is 9.95. The molecule has 1 fully saturated rings. The summed E-state index contributed by atoms with van der Waals surface area (Å²) in [5, 5.41) is 6.07. The summed E-state index contributed by atoms with van der Waals surface area (Å²) in [6.07, 6.45) is 6.79. The molecular formula is C22H28FN3O4. The molecule has 0 unspecified atom stereocenters. The van der Waals surface area contributed by atoms with E-state index in [0.29, 0.717) is 24.3 Å². The van der Waals surface area contributed by atoms with Crippen LogP contribution in [0.2, 0.25) is 0 Å². The second kappa shape index (κ2) is 9.73. The monoisotopic (exact) mass is 417 g/mol. The van der Waals surface area contributed by atoms with Gasteiger partial charge in [-0.1, -0.05) is 19.3 Å². The van der Waals surface area contributed by atoms with Crippen LogP contribution in [0.25, 0.3) is 10.9 Å². The average molecular weight is 417 g/mol. The highest BCUT2D eigenvalue weighted by Gasteiger charge is 2.20. The average Bonchev–Trinajstić information content (AvgIpc) is 2.71. The summed E-state index contributed by atoms with van der Waals surface area (Å²) in [4.78, 5) is 36.3. The molecule has 30 heavy (non-hydrogen) atoms. The van der Waals surface area contributed by atoms with Crippen molar-refractivity contribution in [3.63, 3.8) is 0 Å². The first-order valence-corrected chi connectivity index (χ1v) is 10.5. The van der Waals surface area contributed by atoms with Gasteiger partial charge in [-0.05, 0) is 31.9 Å². The van der Waals surface area contributed by atoms with E-state index >= 15 is 0 Å². The third kappa shape index (κ3) is 4.98. The Bertz CT molecular complexity index is 996. The summed E-state index contributed by atoms with van der Waals surface area (Å²) in [5.41, 5.74) is 0.117. The van der Waals surface area contributed by atoms with E-state index in [-0.39, 0.29) is 29.5 Å². The molecule has 3 rings (SSSR count). The molecule has 7 nitrogen and oxygen atoms in total. The fraction of sp³-hybridized carbons (Fsp3) is 0.500. The molecule has 0 aliphatic heterocycles. The van der Waals surface area contributed by atoms with Crippen molar-refractivity contribution in [2.24, 2.45) is 0 Å². The predicted octanol–water partition coefficient (Wildman–Crippen LogP) is 3.20. The van der Waals surface area contributed by atoms with Gasteiger partial charge in [0.2, 0.25) is 11.3 Å². The minimum Gasteiger partial charge on any atom is -0.462 e. The highest BCUT2D eigenvalue weighted by atomic mass is 19.1. The van der Waals surface area contributed by atoms with E-state index in [1.807, 2.05) is 0 Å². The molecule has 0 atom stereocenters. The Kier molecular flexibility index (Phi) is 7.07. The van der Waals surface area contributed by atoms with Crippen molar-refractivity contribution >= 4 is 28.5 Å². The maximum atomic E-state index is 14.8. The van der Waals surface area contributed by atoms with E-state index < -0.39 is 17.2 Å². The van der Waals surface area contributed by atoms with Crippen molar-refractivity contribution < 1.29 is 18.7 Å². The molecule has 1 saturated carbocycles. The maximum absolute atomic E-state index is 14.8. The summed E-state index contributed by atoms with van der Waals surface area (Å²) in [6.45, 7) is 3.81. The fourth-order valence-corrected chi connectivity index (χ4v) is 3.88. The van der Waals surface area contributed by atoms with Crippen molar-refractivity contribution in [1.82, 2.24) is 9.88 Å². The van der Waals surface area contributed by atoms with Crippen LogP contribution in [0.1, 0.15) is 56.3 Å². The van der Waals surface area contributed by atoms with Crippen molar-refractivity contribution in [1.29, 1.82) is 0 Å². The number of rotatable bonds is 7. The van der Waals surface area contributed by atoms with Crippen LogP contribution in [0, 0.1) is 5.82 Å². The van der Waals surface area contributed by atoms with Gasteiger partial charge in [-0.25, -0.2) is 9.18 Å². The maximum Gasteiger partial charge on any atom is 0.343 e. The van der Waals surface area contributed by atoms with Crippen molar-refractivity contribution in [3.05, 3.63) is 39.9 Å². The molecule has 162 valence electrons. The Hall–Kier alpha value is -2.90. The fourth-order valence-electron chi connectivity index (χ4n) is 3.88. The molecule has 0 saturated heterocycles. The number of amides is 1. The van der Waals surface area contributed by atoms with Gasteiger partial charge < -0.3 is 19.9 Å². The molecule has 1 amide bonds. The van der Waals surface area contributed by atoms with Crippen LogP contribution < -0.4 is 16.1 Å². The van der Waals surface area contributed by atoms with Crippen molar-refractivity contribution in [2.45, 2.75) is 58.5 Å². The number of aromatic nitrogens is 1. The van der Waals surface area contributed by atoms with Gasteiger partial charge in [0.05, 0.1) is 17.8 Å². The van der Waals surface area contributed by atoms with Gasteiger partial charge in [0, 0.05) is 37.6 Å². The highest BCUT2D eigenvalue weighted by molar-refractivity contribution is 5.94. The van der Waals surface area contributed by atoms with Crippen molar-refractivity contribution in [3.8, 4) is 0 Å². The highest BCUT2D eigenvalue weighted by Crippen LogP contribution is 2.26. The normalized spacial score (nSPS) is 14.5. The number of nitrogens with zero attached hydrogens (tertiary/aromatic N) is 1. The van der Waals surface area contributed by atoms with Gasteiger partial charge in [-0.2, -0.15) is 0 Å². The lowest BCUT2D eigenvalue weighted by Gasteiger charge is -2.24. The lowest BCUT2D eigenvalue weighted by Crippen LogP contribution is -2.27. The molecule has 1 aromatic carbocycles. The first-order valence-electron chi connectivity index (χ1n) is 10.5. The molecule has 1 aromatic heterocycles. The zero-order valence-corrected chi connectivity index (χ0v) is 17.4. The number of nitrogens with one attached hydrogen (secondary N) is 2. The van der Waals surface area contributed by atoms with E-state index in [2.05, 4.69) is 10.6 Å². The van der Waals surface area contributed by atoms with Gasteiger partial charge >= 0.3 is 5.97 Å². The van der Waals surface area contributed by atoms with Crippen LogP contribution >= 0.6 is 0 Å². The topological polar surface area (TPSA) is 89.4 Å². The number of halogens is 1. The summed E-state index contributed by atoms with van der Waals surface area (Å²) in [6, 6.07) is 2.99. The summed E-state index contributed by atoms with van der Waals surface area (Å²) >= 11 is 0. The number of fused-ring (bicyclic) bond motifs is 1. The number of carbonyl (C=O) groups is 2. The second-order valence-corrected chi connectivity index (χ2v) is 7.60. The number of esters is 1. The minimum atomic E-state index is -0.748. The molecular weight excluding hydrogens is 389 g/mol. The third-order valence-electron chi connectivity index (χ3n) is 5.36. The number of carbonyl (C=O) groups excluding carboxylic acids is 2. The summed E-state index contributed by atoms with van der Waals surface area (Å²) in [7, 11) is 0. The van der Waals surface area contributed by atoms with Gasteiger partial charge in [-0.15, -0.1) is 0 Å². The van der Waals surface area contributed by atoms with E-state index in [9.17, 15) is 18.8 Å². The molecule has 0 bridgehead atoms. The van der Waals surface area contributed by atoms with Crippen molar-refractivity contribution in [2.75, 3.05) is 18.5 Å². The molecule has 8 heteroatoms. The van der Waals surface area contributed by atoms with E-state index in [1.165, 1.54) is 25.6 Å². The van der Waals surface area contributed by atoms with Crippen LogP contribution in [0.4, 0.5) is 10.1 Å². The van der Waals surface area contributed by atoms with Gasteiger partial charge in [0.1, 0.15) is 11.4 Å². The second-order valence-electron chi connectivity index (χ2n) is 7.60. The molecule has 2 N–H and O–H groups in total. The molecule has 1 heterocycles. The van der Waals surface area contributed by atoms with E-state index in [1.54, 1.807) is 17.6 Å². The van der Waals surface area contributed by atoms with Crippen LogP contribution in [-0.4, -0.2) is 35.6 Å². The first kappa shape index (κ1) is 21.8. The van der Waals surface area contributed by atoms with Crippen LogP contribution in [0.5, 0.6) is 0 Å². The number of anilines is 1. The summed E-state index contributed by atoms with van der Waals surface area (Å²) in [5.74, 6) is -1.46.